The molecule has 0 saturated heterocycles. The van der Waals surface area contributed by atoms with Crippen molar-refractivity contribution >= 4 is 33.7 Å². The van der Waals surface area contributed by atoms with Crippen molar-refractivity contribution in [1.82, 2.24) is 15.0 Å². The van der Waals surface area contributed by atoms with Crippen LogP contribution in [-0.4, -0.2) is 28.2 Å². The minimum Gasteiger partial charge on any atom is -0.490 e. The molecule has 1 N–H and O–H groups in total. The first kappa shape index (κ1) is 20.1. The van der Waals surface area contributed by atoms with Crippen molar-refractivity contribution in [2.75, 3.05) is 18.5 Å². The maximum atomic E-state index is 5.80. The van der Waals surface area contributed by atoms with Gasteiger partial charge in [0.2, 0.25) is 0 Å². The lowest BCUT2D eigenvalue weighted by atomic mass is 10.1. The summed E-state index contributed by atoms with van der Waals surface area (Å²) in [6.45, 7) is 8.92. The van der Waals surface area contributed by atoms with Crippen molar-refractivity contribution in [2.45, 2.75) is 27.7 Å². The summed E-state index contributed by atoms with van der Waals surface area (Å²) < 4.78 is 11.5. The van der Waals surface area contributed by atoms with Gasteiger partial charge in [-0.2, -0.15) is 0 Å². The number of fused-ring (bicyclic) bond motifs is 1. The molecular formula is C23H24N4O2S. The smallest absolute Gasteiger partial charge is 0.163 e. The van der Waals surface area contributed by atoms with Crippen LogP contribution in [0.5, 0.6) is 11.5 Å². The molecule has 0 aliphatic carbocycles. The topological polar surface area (TPSA) is 69.2 Å². The van der Waals surface area contributed by atoms with Crippen LogP contribution in [0.3, 0.4) is 0 Å². The third-order valence-electron chi connectivity index (χ3n) is 4.51. The lowest BCUT2D eigenvalue weighted by Gasteiger charge is -2.15. The number of rotatable bonds is 7. The van der Waals surface area contributed by atoms with Gasteiger partial charge in [0.05, 0.1) is 29.4 Å². The molecule has 4 rings (SSSR count). The highest BCUT2D eigenvalue weighted by atomic mass is 32.1. The second-order valence-electron chi connectivity index (χ2n) is 6.76. The van der Waals surface area contributed by atoms with E-state index >= 15 is 0 Å². The van der Waals surface area contributed by atoms with Crippen LogP contribution < -0.4 is 14.8 Å². The molecule has 7 heteroatoms. The molecule has 0 amide bonds. The molecule has 0 fully saturated rings. The maximum absolute atomic E-state index is 5.80. The zero-order valence-electron chi connectivity index (χ0n) is 17.5. The molecule has 0 saturated carbocycles. The Hall–Kier alpha value is -3.19. The zero-order valence-corrected chi connectivity index (χ0v) is 18.3. The number of hydrogen-bond acceptors (Lipinski definition) is 7. The van der Waals surface area contributed by atoms with Crippen LogP contribution in [0.4, 0.5) is 11.5 Å². The van der Waals surface area contributed by atoms with E-state index in [-0.39, 0.29) is 0 Å². The monoisotopic (exact) mass is 420 g/mol. The van der Waals surface area contributed by atoms with Gasteiger partial charge in [-0.3, -0.25) is 0 Å². The molecule has 4 aromatic rings. The lowest BCUT2D eigenvalue weighted by molar-refractivity contribution is 0.288. The Morgan fingerprint density at radius 3 is 2.40 bits per heavy atom. The van der Waals surface area contributed by atoms with Crippen LogP contribution in [0.1, 0.15) is 24.7 Å². The Kier molecular flexibility index (Phi) is 5.81. The molecule has 2 aromatic heterocycles. The Morgan fingerprint density at radius 2 is 1.70 bits per heavy atom. The summed E-state index contributed by atoms with van der Waals surface area (Å²) in [5.74, 6) is 2.79. The number of nitrogens with one attached hydrogen (secondary N) is 1. The van der Waals surface area contributed by atoms with E-state index in [2.05, 4.69) is 37.8 Å². The van der Waals surface area contributed by atoms with E-state index < -0.39 is 0 Å². The summed E-state index contributed by atoms with van der Waals surface area (Å²) >= 11 is 1.65. The third kappa shape index (κ3) is 4.21. The van der Waals surface area contributed by atoms with Crippen LogP contribution in [0, 0.1) is 13.8 Å². The summed E-state index contributed by atoms with van der Waals surface area (Å²) in [5, 5.41) is 7.45. The molecule has 0 bridgehead atoms. The van der Waals surface area contributed by atoms with Crippen molar-refractivity contribution in [3.63, 3.8) is 0 Å². The second-order valence-corrected chi connectivity index (χ2v) is 7.82. The molecule has 0 unspecified atom stereocenters. The van der Waals surface area contributed by atoms with E-state index in [1.807, 2.05) is 52.0 Å². The molecule has 0 radical (unpaired) electrons. The zero-order chi connectivity index (χ0) is 21.1. The number of benzene rings is 2. The van der Waals surface area contributed by atoms with E-state index in [1.165, 1.54) is 0 Å². The first-order chi connectivity index (χ1) is 14.6. The van der Waals surface area contributed by atoms with Crippen molar-refractivity contribution in [1.29, 1.82) is 0 Å². The van der Waals surface area contributed by atoms with Gasteiger partial charge in [-0.25, -0.2) is 15.0 Å². The third-order valence-corrected chi connectivity index (χ3v) is 5.29. The molecule has 0 spiro atoms. The summed E-state index contributed by atoms with van der Waals surface area (Å²) in [6, 6.07) is 12.0. The van der Waals surface area contributed by atoms with Gasteiger partial charge in [-0.05, 0) is 45.9 Å². The molecule has 154 valence electrons. The average Bonchev–Trinajstić information content (AvgIpc) is 3.16. The Balaban J connectivity index is 1.76. The Bertz CT molecular complexity index is 1190. The summed E-state index contributed by atoms with van der Waals surface area (Å²) in [7, 11) is 0. The predicted octanol–water partition coefficient (Wildman–Crippen LogP) is 5.91. The highest BCUT2D eigenvalue weighted by Crippen LogP contribution is 2.36. The van der Waals surface area contributed by atoms with Gasteiger partial charge >= 0.3 is 0 Å². The standard InChI is InChI=1S/C23H24N4O2S/c1-5-28-21-11-18-19(12-22(21)29-6-2)24-14(3)25-23(18)27-17-9-7-8-16(10-17)20-13-30-15(4)26-20/h7-13H,5-6H2,1-4H3,(H,24,25,27). The highest BCUT2D eigenvalue weighted by molar-refractivity contribution is 7.09. The fourth-order valence-electron chi connectivity index (χ4n) is 3.27. The molecule has 6 nitrogen and oxygen atoms in total. The van der Waals surface area contributed by atoms with Gasteiger partial charge in [-0.1, -0.05) is 12.1 Å². The van der Waals surface area contributed by atoms with Gasteiger partial charge in [0.25, 0.3) is 0 Å². The number of nitrogens with zero attached hydrogens (tertiary/aromatic N) is 3. The van der Waals surface area contributed by atoms with Gasteiger partial charge in [0.15, 0.2) is 11.5 Å². The first-order valence-electron chi connectivity index (χ1n) is 9.95. The molecular weight excluding hydrogens is 396 g/mol. The average molecular weight is 421 g/mol. The van der Waals surface area contributed by atoms with E-state index in [9.17, 15) is 0 Å². The van der Waals surface area contributed by atoms with Crippen molar-refractivity contribution in [3.05, 3.63) is 52.6 Å². The quantitative estimate of drug-likeness (QED) is 0.401. The fraction of sp³-hybridized carbons (Fsp3) is 0.261. The van der Waals surface area contributed by atoms with E-state index in [0.717, 1.165) is 38.7 Å². The minimum atomic E-state index is 0.552. The maximum Gasteiger partial charge on any atom is 0.163 e. The van der Waals surface area contributed by atoms with Crippen molar-refractivity contribution in [3.8, 4) is 22.8 Å². The van der Waals surface area contributed by atoms with E-state index in [0.29, 0.717) is 30.5 Å². The Labute approximate surface area is 179 Å². The molecule has 2 aromatic carbocycles. The van der Waals surface area contributed by atoms with Gasteiger partial charge in [0.1, 0.15) is 11.6 Å². The molecule has 0 aliphatic rings. The molecule has 30 heavy (non-hydrogen) atoms. The van der Waals surface area contributed by atoms with Gasteiger partial charge in [-0.15, -0.1) is 11.3 Å². The van der Waals surface area contributed by atoms with Crippen LogP contribution >= 0.6 is 11.3 Å². The number of anilines is 2. The Morgan fingerprint density at radius 1 is 0.933 bits per heavy atom. The molecule has 0 aliphatic heterocycles. The van der Waals surface area contributed by atoms with Crippen LogP contribution in [0.2, 0.25) is 0 Å². The number of aryl methyl sites for hydroxylation is 2. The van der Waals surface area contributed by atoms with Gasteiger partial charge in [0, 0.05) is 28.1 Å². The summed E-state index contributed by atoms with van der Waals surface area (Å²) in [4.78, 5) is 13.8. The lowest BCUT2D eigenvalue weighted by Crippen LogP contribution is -2.02. The fourth-order valence-corrected chi connectivity index (χ4v) is 3.90. The van der Waals surface area contributed by atoms with Gasteiger partial charge < -0.3 is 14.8 Å². The normalized spacial score (nSPS) is 10.9. The largest absolute Gasteiger partial charge is 0.490 e. The highest BCUT2D eigenvalue weighted by Gasteiger charge is 2.14. The second kappa shape index (κ2) is 8.67. The van der Waals surface area contributed by atoms with E-state index in [4.69, 9.17) is 9.47 Å². The SMILES string of the molecule is CCOc1cc2nc(C)nc(Nc3cccc(-c4csc(C)n4)c3)c2cc1OCC. The van der Waals surface area contributed by atoms with Crippen LogP contribution in [0.25, 0.3) is 22.2 Å². The number of thiazole rings is 1. The van der Waals surface area contributed by atoms with Crippen molar-refractivity contribution in [2.24, 2.45) is 0 Å². The minimum absolute atomic E-state index is 0.552. The predicted molar refractivity (Wildman–Crippen MR) is 122 cm³/mol. The number of hydrogen-bond donors (Lipinski definition) is 1. The van der Waals surface area contributed by atoms with Crippen molar-refractivity contribution < 1.29 is 9.47 Å². The number of aromatic nitrogens is 3. The molecule has 0 atom stereocenters. The first-order valence-corrected chi connectivity index (χ1v) is 10.8. The van der Waals surface area contributed by atoms with E-state index in [1.54, 1.807) is 11.3 Å². The van der Waals surface area contributed by atoms with Crippen LogP contribution in [-0.2, 0) is 0 Å². The molecule has 2 heterocycles. The van der Waals surface area contributed by atoms with Crippen LogP contribution in [0.15, 0.2) is 41.8 Å². The summed E-state index contributed by atoms with van der Waals surface area (Å²) in [6.07, 6.45) is 0. The summed E-state index contributed by atoms with van der Waals surface area (Å²) in [5.41, 5.74) is 3.78. The number of ether oxygens (including phenoxy) is 2.